The molecule has 0 atom stereocenters. The third-order valence-electron chi connectivity index (χ3n) is 2.92. The highest BCUT2D eigenvalue weighted by Crippen LogP contribution is 2.20. The SMILES string of the molecule is Cc1cnc(NC(=O)c2cnn(-c3ccccc3)n2)c(Br)c1. The van der Waals surface area contributed by atoms with Gasteiger partial charge in [-0.15, -0.1) is 5.10 Å². The number of carbonyl (C=O) groups is 1. The summed E-state index contributed by atoms with van der Waals surface area (Å²) in [4.78, 5) is 17.8. The fourth-order valence-electron chi connectivity index (χ4n) is 1.85. The Labute approximate surface area is 135 Å². The lowest BCUT2D eigenvalue weighted by atomic mass is 10.3. The van der Waals surface area contributed by atoms with Crippen LogP contribution in [0.4, 0.5) is 5.82 Å². The molecule has 110 valence electrons. The smallest absolute Gasteiger partial charge is 0.279 e. The van der Waals surface area contributed by atoms with Gasteiger partial charge in [0.2, 0.25) is 0 Å². The van der Waals surface area contributed by atoms with Crippen LogP contribution < -0.4 is 5.32 Å². The highest BCUT2D eigenvalue weighted by atomic mass is 79.9. The van der Waals surface area contributed by atoms with Gasteiger partial charge >= 0.3 is 0 Å². The molecule has 1 N–H and O–H groups in total. The monoisotopic (exact) mass is 357 g/mol. The van der Waals surface area contributed by atoms with E-state index in [1.165, 1.54) is 11.0 Å². The molecule has 0 aliphatic heterocycles. The van der Waals surface area contributed by atoms with Gasteiger partial charge in [0.15, 0.2) is 5.69 Å². The van der Waals surface area contributed by atoms with Crippen LogP contribution in [-0.2, 0) is 0 Å². The molecule has 0 bridgehead atoms. The predicted octanol–water partition coefficient (Wildman–Crippen LogP) is 2.99. The molecule has 0 aliphatic rings. The molecule has 0 aliphatic carbocycles. The number of para-hydroxylation sites is 1. The van der Waals surface area contributed by atoms with Crippen molar-refractivity contribution in [2.24, 2.45) is 0 Å². The number of hydrogen-bond acceptors (Lipinski definition) is 4. The Morgan fingerprint density at radius 1 is 1.23 bits per heavy atom. The molecule has 22 heavy (non-hydrogen) atoms. The van der Waals surface area contributed by atoms with Crippen molar-refractivity contribution >= 4 is 27.7 Å². The van der Waals surface area contributed by atoms with Gasteiger partial charge in [0.05, 0.1) is 16.4 Å². The number of aryl methyl sites for hydroxylation is 1. The lowest BCUT2D eigenvalue weighted by Gasteiger charge is -2.05. The largest absolute Gasteiger partial charge is 0.304 e. The maximum Gasteiger partial charge on any atom is 0.279 e. The quantitative estimate of drug-likeness (QED) is 0.781. The predicted molar refractivity (Wildman–Crippen MR) is 86.0 cm³/mol. The lowest BCUT2D eigenvalue weighted by molar-refractivity contribution is 0.102. The van der Waals surface area contributed by atoms with Gasteiger partial charge in [0.1, 0.15) is 5.82 Å². The van der Waals surface area contributed by atoms with Crippen LogP contribution in [-0.4, -0.2) is 25.9 Å². The molecule has 0 saturated heterocycles. The minimum atomic E-state index is -0.362. The van der Waals surface area contributed by atoms with Gasteiger partial charge in [-0.2, -0.15) is 9.90 Å². The molecule has 1 aromatic carbocycles. The highest BCUT2D eigenvalue weighted by Gasteiger charge is 2.13. The van der Waals surface area contributed by atoms with Crippen LogP contribution in [0.25, 0.3) is 5.69 Å². The second-order valence-corrected chi connectivity index (χ2v) is 5.51. The van der Waals surface area contributed by atoms with Crippen molar-refractivity contribution in [2.75, 3.05) is 5.32 Å². The molecular formula is C15H12BrN5O. The number of anilines is 1. The van der Waals surface area contributed by atoms with Crippen LogP contribution in [0.5, 0.6) is 0 Å². The number of rotatable bonds is 3. The number of pyridine rings is 1. The van der Waals surface area contributed by atoms with Crippen molar-refractivity contribution in [1.29, 1.82) is 0 Å². The Hall–Kier alpha value is -2.54. The molecule has 2 heterocycles. The molecule has 3 aromatic rings. The van der Waals surface area contributed by atoms with E-state index in [4.69, 9.17) is 0 Å². The molecule has 2 aromatic heterocycles. The summed E-state index contributed by atoms with van der Waals surface area (Å²) in [7, 11) is 0. The van der Waals surface area contributed by atoms with Gasteiger partial charge in [-0.1, -0.05) is 18.2 Å². The Kier molecular flexibility index (Phi) is 3.97. The van der Waals surface area contributed by atoms with E-state index in [1.807, 2.05) is 43.3 Å². The molecular weight excluding hydrogens is 346 g/mol. The number of aromatic nitrogens is 4. The van der Waals surface area contributed by atoms with Gasteiger partial charge in [-0.05, 0) is 46.6 Å². The van der Waals surface area contributed by atoms with E-state index in [2.05, 4.69) is 36.4 Å². The Balaban J connectivity index is 1.80. The van der Waals surface area contributed by atoms with E-state index in [0.29, 0.717) is 5.82 Å². The zero-order chi connectivity index (χ0) is 15.5. The summed E-state index contributed by atoms with van der Waals surface area (Å²) in [6.45, 7) is 1.93. The number of halogens is 1. The number of nitrogens with zero attached hydrogens (tertiary/aromatic N) is 4. The van der Waals surface area contributed by atoms with Gasteiger partial charge in [-0.25, -0.2) is 4.98 Å². The first-order chi connectivity index (χ1) is 10.6. The van der Waals surface area contributed by atoms with Gasteiger partial charge < -0.3 is 5.32 Å². The number of nitrogens with one attached hydrogen (secondary N) is 1. The van der Waals surface area contributed by atoms with E-state index in [-0.39, 0.29) is 11.6 Å². The minimum absolute atomic E-state index is 0.220. The van der Waals surface area contributed by atoms with Gasteiger partial charge in [0, 0.05) is 6.20 Å². The van der Waals surface area contributed by atoms with Crippen LogP contribution in [0.3, 0.4) is 0 Å². The lowest BCUT2D eigenvalue weighted by Crippen LogP contribution is -2.14. The van der Waals surface area contributed by atoms with E-state index in [1.54, 1.807) is 6.20 Å². The van der Waals surface area contributed by atoms with E-state index in [9.17, 15) is 4.79 Å². The summed E-state index contributed by atoms with van der Waals surface area (Å²) in [5, 5.41) is 11.0. The number of amides is 1. The topological polar surface area (TPSA) is 72.7 Å². The van der Waals surface area contributed by atoms with Crippen LogP contribution in [0, 0.1) is 6.92 Å². The molecule has 3 rings (SSSR count). The van der Waals surface area contributed by atoms with Crippen molar-refractivity contribution in [3.63, 3.8) is 0 Å². The van der Waals surface area contributed by atoms with Crippen molar-refractivity contribution < 1.29 is 4.79 Å². The standard InChI is InChI=1S/C15H12BrN5O/c1-10-7-12(16)14(17-8-10)19-15(22)13-9-18-21(20-13)11-5-3-2-4-6-11/h2-9H,1H3,(H,17,19,22). The molecule has 0 saturated carbocycles. The summed E-state index contributed by atoms with van der Waals surface area (Å²) in [5.41, 5.74) is 2.01. The van der Waals surface area contributed by atoms with Crippen molar-refractivity contribution in [1.82, 2.24) is 20.0 Å². The fraction of sp³-hybridized carbons (Fsp3) is 0.0667. The first-order valence-corrected chi connectivity index (χ1v) is 7.34. The van der Waals surface area contributed by atoms with Gasteiger partial charge in [-0.3, -0.25) is 4.79 Å². The van der Waals surface area contributed by atoms with Crippen LogP contribution in [0.15, 0.2) is 53.3 Å². The zero-order valence-corrected chi connectivity index (χ0v) is 13.3. The maximum atomic E-state index is 12.2. The van der Waals surface area contributed by atoms with Crippen LogP contribution in [0.1, 0.15) is 16.1 Å². The zero-order valence-electron chi connectivity index (χ0n) is 11.7. The first-order valence-electron chi connectivity index (χ1n) is 6.55. The van der Waals surface area contributed by atoms with Gasteiger partial charge in [0.25, 0.3) is 5.91 Å². The highest BCUT2D eigenvalue weighted by molar-refractivity contribution is 9.10. The molecule has 0 unspecified atom stereocenters. The third-order valence-corrected chi connectivity index (χ3v) is 3.53. The Morgan fingerprint density at radius 2 is 2.00 bits per heavy atom. The molecule has 7 heteroatoms. The molecule has 1 amide bonds. The van der Waals surface area contributed by atoms with E-state index >= 15 is 0 Å². The summed E-state index contributed by atoms with van der Waals surface area (Å²) in [6.07, 6.45) is 3.10. The second-order valence-electron chi connectivity index (χ2n) is 4.65. The number of hydrogen-bond donors (Lipinski definition) is 1. The summed E-state index contributed by atoms with van der Waals surface area (Å²) < 4.78 is 0.719. The molecule has 6 nitrogen and oxygen atoms in total. The first kappa shape index (κ1) is 14.4. The van der Waals surface area contributed by atoms with Crippen molar-refractivity contribution in [3.8, 4) is 5.69 Å². The summed E-state index contributed by atoms with van der Waals surface area (Å²) in [6, 6.07) is 11.3. The average molecular weight is 358 g/mol. The van der Waals surface area contributed by atoms with Crippen LogP contribution in [0.2, 0.25) is 0 Å². The minimum Gasteiger partial charge on any atom is -0.304 e. The number of carbonyl (C=O) groups excluding carboxylic acids is 1. The summed E-state index contributed by atoms with van der Waals surface area (Å²) in [5.74, 6) is 0.0871. The van der Waals surface area contributed by atoms with Crippen molar-refractivity contribution in [3.05, 3.63) is 64.5 Å². The third kappa shape index (κ3) is 3.04. The maximum absolute atomic E-state index is 12.2. The Bertz CT molecular complexity index is 816. The fourth-order valence-corrected chi connectivity index (χ4v) is 2.41. The van der Waals surface area contributed by atoms with E-state index in [0.717, 1.165) is 15.7 Å². The normalized spacial score (nSPS) is 10.5. The average Bonchev–Trinajstić information content (AvgIpc) is 3.01. The molecule has 0 spiro atoms. The number of benzene rings is 1. The second kappa shape index (κ2) is 6.07. The molecule has 0 fully saturated rings. The van der Waals surface area contributed by atoms with Crippen LogP contribution >= 0.6 is 15.9 Å². The summed E-state index contributed by atoms with van der Waals surface area (Å²) >= 11 is 3.37. The molecule has 0 radical (unpaired) electrons. The van der Waals surface area contributed by atoms with E-state index < -0.39 is 0 Å². The Morgan fingerprint density at radius 3 is 2.73 bits per heavy atom. The van der Waals surface area contributed by atoms with Crippen molar-refractivity contribution in [2.45, 2.75) is 6.92 Å².